The number of aryl methyl sites for hydroxylation is 1. The maximum Gasteiger partial charge on any atom is 0.312 e. The molecular weight excluding hydrogens is 310 g/mol. The SMILES string of the molecule is CSCC[C@H](NC(N)=O)C(=O)NCC(C)(C)c1cccc(C)c1. The fourth-order valence-electron chi connectivity index (χ4n) is 2.28. The van der Waals surface area contributed by atoms with Crippen LogP contribution in [0, 0.1) is 6.92 Å². The minimum Gasteiger partial charge on any atom is -0.353 e. The Balaban J connectivity index is 2.69. The second kappa shape index (κ2) is 8.82. The van der Waals surface area contributed by atoms with Crippen LogP contribution in [0.2, 0.25) is 0 Å². The smallest absolute Gasteiger partial charge is 0.312 e. The highest BCUT2D eigenvalue weighted by Gasteiger charge is 2.25. The van der Waals surface area contributed by atoms with Gasteiger partial charge in [-0.2, -0.15) is 11.8 Å². The molecule has 1 aromatic carbocycles. The zero-order chi connectivity index (χ0) is 17.5. The van der Waals surface area contributed by atoms with Crippen molar-refractivity contribution in [2.45, 2.75) is 38.6 Å². The minimum absolute atomic E-state index is 0.196. The predicted octanol–water partition coefficient (Wildman–Crippen LogP) is 2.18. The zero-order valence-electron chi connectivity index (χ0n) is 14.3. The molecule has 0 bridgehead atoms. The lowest BCUT2D eigenvalue weighted by Crippen LogP contribution is -2.50. The number of thioether (sulfide) groups is 1. The van der Waals surface area contributed by atoms with Crippen LogP contribution in [-0.4, -0.2) is 36.5 Å². The Morgan fingerprint density at radius 3 is 2.61 bits per heavy atom. The number of primary amides is 1. The van der Waals surface area contributed by atoms with E-state index in [9.17, 15) is 9.59 Å². The Morgan fingerprint density at radius 2 is 2.04 bits per heavy atom. The molecule has 6 heteroatoms. The molecule has 0 radical (unpaired) electrons. The number of amides is 3. The molecule has 4 N–H and O–H groups in total. The number of hydrogen-bond acceptors (Lipinski definition) is 3. The number of carbonyl (C=O) groups is 2. The third-order valence-corrected chi connectivity index (χ3v) is 4.39. The van der Waals surface area contributed by atoms with E-state index in [1.54, 1.807) is 11.8 Å². The highest BCUT2D eigenvalue weighted by Crippen LogP contribution is 2.23. The van der Waals surface area contributed by atoms with Gasteiger partial charge in [0, 0.05) is 12.0 Å². The molecule has 0 aromatic heterocycles. The molecule has 0 heterocycles. The van der Waals surface area contributed by atoms with Gasteiger partial charge in [-0.15, -0.1) is 0 Å². The summed E-state index contributed by atoms with van der Waals surface area (Å²) in [6.45, 7) is 6.71. The summed E-state index contributed by atoms with van der Waals surface area (Å²) < 4.78 is 0. The maximum absolute atomic E-state index is 12.3. The van der Waals surface area contributed by atoms with Crippen molar-refractivity contribution >= 4 is 23.7 Å². The van der Waals surface area contributed by atoms with E-state index in [0.717, 1.165) is 5.75 Å². The predicted molar refractivity (Wildman–Crippen MR) is 96.7 cm³/mol. The molecule has 128 valence electrons. The molecule has 0 aliphatic carbocycles. The van der Waals surface area contributed by atoms with Crippen molar-refractivity contribution in [2.24, 2.45) is 5.73 Å². The summed E-state index contributed by atoms with van der Waals surface area (Å²) >= 11 is 1.62. The molecule has 1 atom stereocenters. The quantitative estimate of drug-likeness (QED) is 0.680. The Hall–Kier alpha value is -1.69. The van der Waals surface area contributed by atoms with E-state index >= 15 is 0 Å². The molecule has 3 amide bonds. The molecule has 0 saturated heterocycles. The van der Waals surface area contributed by atoms with Crippen molar-refractivity contribution in [2.75, 3.05) is 18.6 Å². The number of carbonyl (C=O) groups excluding carboxylic acids is 2. The second-order valence-corrected chi connectivity index (χ2v) is 7.30. The van der Waals surface area contributed by atoms with Crippen molar-refractivity contribution in [3.8, 4) is 0 Å². The van der Waals surface area contributed by atoms with Crippen LogP contribution in [-0.2, 0) is 10.2 Å². The topological polar surface area (TPSA) is 84.2 Å². The average molecular weight is 337 g/mol. The van der Waals surface area contributed by atoms with E-state index in [1.165, 1.54) is 11.1 Å². The third kappa shape index (κ3) is 6.52. The van der Waals surface area contributed by atoms with Gasteiger partial charge in [0.25, 0.3) is 0 Å². The molecule has 0 unspecified atom stereocenters. The standard InChI is InChI=1S/C17H27N3O2S/c1-12-6-5-7-13(10-12)17(2,3)11-19-15(21)14(8-9-23-4)20-16(18)22/h5-7,10,14H,8-9,11H2,1-4H3,(H,19,21)(H3,18,20,22)/t14-/m0/s1. The molecule has 5 nitrogen and oxygen atoms in total. The number of urea groups is 1. The minimum atomic E-state index is -0.677. The average Bonchev–Trinajstić information content (AvgIpc) is 2.48. The molecule has 0 fully saturated rings. The molecule has 0 aliphatic heterocycles. The van der Waals surface area contributed by atoms with E-state index in [1.807, 2.05) is 25.3 Å². The van der Waals surface area contributed by atoms with E-state index < -0.39 is 12.1 Å². The number of nitrogens with one attached hydrogen (secondary N) is 2. The first-order valence-corrected chi connectivity index (χ1v) is 9.05. The van der Waals surface area contributed by atoms with Crippen molar-refractivity contribution in [3.05, 3.63) is 35.4 Å². The fourth-order valence-corrected chi connectivity index (χ4v) is 2.75. The highest BCUT2D eigenvalue weighted by molar-refractivity contribution is 7.98. The first-order valence-electron chi connectivity index (χ1n) is 7.66. The van der Waals surface area contributed by atoms with Crippen LogP contribution in [0.3, 0.4) is 0 Å². The normalized spacial score (nSPS) is 12.5. The number of benzene rings is 1. The lowest BCUT2D eigenvalue weighted by atomic mass is 9.84. The molecule has 1 rings (SSSR count). The van der Waals surface area contributed by atoms with Crippen molar-refractivity contribution in [1.82, 2.24) is 10.6 Å². The first-order chi connectivity index (χ1) is 10.8. The summed E-state index contributed by atoms with van der Waals surface area (Å²) in [5, 5.41) is 5.45. The van der Waals surface area contributed by atoms with E-state index in [4.69, 9.17) is 5.73 Å². The van der Waals surface area contributed by atoms with Crippen LogP contribution in [0.25, 0.3) is 0 Å². The second-order valence-electron chi connectivity index (χ2n) is 6.31. The summed E-state index contributed by atoms with van der Waals surface area (Å²) in [6.07, 6.45) is 2.51. The molecule has 0 saturated carbocycles. The Labute approximate surface area is 142 Å². The van der Waals surface area contributed by atoms with Gasteiger partial charge in [0.1, 0.15) is 6.04 Å². The highest BCUT2D eigenvalue weighted by atomic mass is 32.2. The van der Waals surface area contributed by atoms with Crippen LogP contribution in [0.1, 0.15) is 31.4 Å². The molecule has 0 spiro atoms. The largest absolute Gasteiger partial charge is 0.353 e. The van der Waals surface area contributed by atoms with Gasteiger partial charge in [-0.05, 0) is 30.9 Å². The Kier molecular flexibility index (Phi) is 7.42. The Bertz CT molecular complexity index is 546. The van der Waals surface area contributed by atoms with Crippen LogP contribution >= 0.6 is 11.8 Å². The van der Waals surface area contributed by atoms with E-state index in [0.29, 0.717) is 13.0 Å². The summed E-state index contributed by atoms with van der Waals surface area (Å²) in [7, 11) is 0. The summed E-state index contributed by atoms with van der Waals surface area (Å²) in [5.74, 6) is 0.582. The molecule has 23 heavy (non-hydrogen) atoms. The van der Waals surface area contributed by atoms with Gasteiger partial charge in [-0.1, -0.05) is 43.7 Å². The van der Waals surface area contributed by atoms with E-state index in [2.05, 4.69) is 36.6 Å². The van der Waals surface area contributed by atoms with Crippen LogP contribution in [0.15, 0.2) is 24.3 Å². The van der Waals surface area contributed by atoms with Crippen molar-refractivity contribution in [3.63, 3.8) is 0 Å². The van der Waals surface area contributed by atoms with Gasteiger partial charge in [0.2, 0.25) is 5.91 Å². The van der Waals surface area contributed by atoms with Crippen LogP contribution in [0.4, 0.5) is 4.79 Å². The van der Waals surface area contributed by atoms with Gasteiger partial charge in [0.05, 0.1) is 0 Å². The van der Waals surface area contributed by atoms with Gasteiger partial charge in [0.15, 0.2) is 0 Å². The molecule has 0 aliphatic rings. The van der Waals surface area contributed by atoms with Gasteiger partial charge < -0.3 is 16.4 Å². The van der Waals surface area contributed by atoms with Gasteiger partial charge in [-0.25, -0.2) is 4.79 Å². The first kappa shape index (κ1) is 19.4. The fraction of sp³-hybridized carbons (Fsp3) is 0.529. The summed E-state index contributed by atoms with van der Waals surface area (Å²) in [5.41, 5.74) is 7.32. The van der Waals surface area contributed by atoms with Crippen molar-refractivity contribution in [1.29, 1.82) is 0 Å². The summed E-state index contributed by atoms with van der Waals surface area (Å²) in [4.78, 5) is 23.4. The third-order valence-electron chi connectivity index (χ3n) is 3.75. The number of nitrogens with two attached hydrogens (primary N) is 1. The molecular formula is C17H27N3O2S. The Morgan fingerprint density at radius 1 is 1.35 bits per heavy atom. The van der Waals surface area contributed by atoms with Gasteiger partial charge in [-0.3, -0.25) is 4.79 Å². The lowest BCUT2D eigenvalue weighted by Gasteiger charge is -2.27. The van der Waals surface area contributed by atoms with Crippen molar-refractivity contribution < 1.29 is 9.59 Å². The van der Waals surface area contributed by atoms with Crippen LogP contribution < -0.4 is 16.4 Å². The maximum atomic E-state index is 12.3. The lowest BCUT2D eigenvalue weighted by molar-refractivity contribution is -0.123. The molecule has 1 aromatic rings. The zero-order valence-corrected chi connectivity index (χ0v) is 15.1. The van der Waals surface area contributed by atoms with E-state index in [-0.39, 0.29) is 11.3 Å². The van der Waals surface area contributed by atoms with Gasteiger partial charge >= 0.3 is 6.03 Å². The number of hydrogen-bond donors (Lipinski definition) is 3. The summed E-state index contributed by atoms with van der Waals surface area (Å²) in [6, 6.07) is 6.99. The number of rotatable bonds is 8. The van der Waals surface area contributed by atoms with Crippen LogP contribution in [0.5, 0.6) is 0 Å². The monoisotopic (exact) mass is 337 g/mol.